The molecule has 0 aliphatic heterocycles. The van der Waals surface area contributed by atoms with Crippen LogP contribution in [0.3, 0.4) is 0 Å². The van der Waals surface area contributed by atoms with Gasteiger partial charge in [-0.1, -0.05) is 29.8 Å². The topological polar surface area (TPSA) is 43.1 Å². The zero-order valence-corrected chi connectivity index (χ0v) is 9.31. The molecule has 2 aromatic rings. The number of amides is 1. The Morgan fingerprint density at radius 3 is 2.60 bits per heavy atom. The molecule has 0 aliphatic rings. The number of hydrogen-bond donors (Lipinski definition) is 1. The first-order valence-electron chi connectivity index (χ1n) is 4.32. The van der Waals surface area contributed by atoms with E-state index < -0.39 is 5.91 Å². The molecule has 0 saturated carbocycles. The van der Waals surface area contributed by atoms with Crippen LogP contribution in [0.4, 0.5) is 0 Å². The maximum Gasteiger partial charge on any atom is 0.259 e. The van der Waals surface area contributed by atoms with Crippen molar-refractivity contribution in [2.45, 2.75) is 0 Å². The third kappa shape index (κ3) is 1.89. The monoisotopic (exact) mass is 237 g/mol. The first kappa shape index (κ1) is 10.2. The summed E-state index contributed by atoms with van der Waals surface area (Å²) < 4.78 is 0. The standard InChI is InChI=1S/C11H8ClNOS/c12-9-4-2-1-3-7(9)8-5-6-15-10(8)11(13)14/h1-6H,(H2,13,14). The maximum atomic E-state index is 11.2. The minimum atomic E-state index is -0.417. The van der Waals surface area contributed by atoms with Gasteiger partial charge in [-0.15, -0.1) is 11.3 Å². The van der Waals surface area contributed by atoms with Crippen molar-refractivity contribution in [3.05, 3.63) is 45.6 Å². The summed E-state index contributed by atoms with van der Waals surface area (Å²) in [6, 6.07) is 9.24. The lowest BCUT2D eigenvalue weighted by Crippen LogP contribution is -2.09. The Hall–Kier alpha value is -1.32. The Labute approximate surface area is 96.3 Å². The van der Waals surface area contributed by atoms with Crippen LogP contribution in [0.25, 0.3) is 11.1 Å². The van der Waals surface area contributed by atoms with Gasteiger partial charge in [-0.25, -0.2) is 0 Å². The molecule has 2 N–H and O–H groups in total. The number of benzene rings is 1. The molecule has 0 saturated heterocycles. The van der Waals surface area contributed by atoms with Crippen molar-refractivity contribution in [2.75, 3.05) is 0 Å². The second kappa shape index (κ2) is 4.04. The largest absolute Gasteiger partial charge is 0.365 e. The highest BCUT2D eigenvalue weighted by atomic mass is 35.5. The van der Waals surface area contributed by atoms with E-state index in [4.69, 9.17) is 17.3 Å². The minimum absolute atomic E-state index is 0.417. The summed E-state index contributed by atoms with van der Waals surface area (Å²) in [4.78, 5) is 11.7. The van der Waals surface area contributed by atoms with Crippen LogP contribution in [0.2, 0.25) is 5.02 Å². The predicted octanol–water partition coefficient (Wildman–Crippen LogP) is 3.17. The van der Waals surface area contributed by atoms with Crippen LogP contribution in [-0.2, 0) is 0 Å². The number of halogens is 1. The molecule has 1 amide bonds. The number of rotatable bonds is 2. The predicted molar refractivity (Wildman–Crippen MR) is 63.3 cm³/mol. The zero-order chi connectivity index (χ0) is 10.8. The van der Waals surface area contributed by atoms with E-state index in [0.717, 1.165) is 11.1 Å². The van der Waals surface area contributed by atoms with E-state index in [1.54, 1.807) is 6.07 Å². The van der Waals surface area contributed by atoms with Gasteiger partial charge in [0.25, 0.3) is 5.91 Å². The molecule has 0 unspecified atom stereocenters. The molecular weight excluding hydrogens is 230 g/mol. The summed E-state index contributed by atoms with van der Waals surface area (Å²) in [7, 11) is 0. The summed E-state index contributed by atoms with van der Waals surface area (Å²) in [5, 5.41) is 2.46. The molecule has 0 spiro atoms. The SMILES string of the molecule is NC(=O)c1sccc1-c1ccccc1Cl. The second-order valence-electron chi connectivity index (χ2n) is 3.01. The molecule has 2 rings (SSSR count). The average molecular weight is 238 g/mol. The molecule has 4 heteroatoms. The maximum absolute atomic E-state index is 11.2. The van der Waals surface area contributed by atoms with Crippen molar-refractivity contribution in [3.63, 3.8) is 0 Å². The van der Waals surface area contributed by atoms with Gasteiger partial charge in [-0.2, -0.15) is 0 Å². The van der Waals surface area contributed by atoms with Crippen LogP contribution < -0.4 is 5.73 Å². The molecule has 1 heterocycles. The highest BCUT2D eigenvalue weighted by molar-refractivity contribution is 7.12. The Bertz CT molecular complexity index is 507. The normalized spacial score (nSPS) is 10.2. The van der Waals surface area contributed by atoms with Crippen LogP contribution in [0.5, 0.6) is 0 Å². The zero-order valence-electron chi connectivity index (χ0n) is 7.74. The van der Waals surface area contributed by atoms with Gasteiger partial charge in [0, 0.05) is 16.1 Å². The van der Waals surface area contributed by atoms with E-state index in [9.17, 15) is 4.79 Å². The third-order valence-electron chi connectivity index (χ3n) is 2.05. The molecule has 0 fully saturated rings. The fourth-order valence-electron chi connectivity index (χ4n) is 1.39. The molecule has 15 heavy (non-hydrogen) atoms. The first-order chi connectivity index (χ1) is 7.20. The minimum Gasteiger partial charge on any atom is -0.365 e. The average Bonchev–Trinajstić information content (AvgIpc) is 2.67. The number of primary amides is 1. The van der Waals surface area contributed by atoms with E-state index in [1.807, 2.05) is 29.6 Å². The number of carbonyl (C=O) groups excluding carboxylic acids is 1. The number of hydrogen-bond acceptors (Lipinski definition) is 2. The lowest BCUT2D eigenvalue weighted by molar-refractivity contribution is 0.100. The summed E-state index contributed by atoms with van der Waals surface area (Å²) >= 11 is 7.37. The molecule has 0 atom stereocenters. The van der Waals surface area contributed by atoms with Crippen molar-refractivity contribution in [1.82, 2.24) is 0 Å². The Morgan fingerprint density at radius 1 is 1.20 bits per heavy atom. The van der Waals surface area contributed by atoms with E-state index in [1.165, 1.54) is 11.3 Å². The van der Waals surface area contributed by atoms with E-state index >= 15 is 0 Å². The van der Waals surface area contributed by atoms with E-state index in [0.29, 0.717) is 9.90 Å². The van der Waals surface area contributed by atoms with Gasteiger partial charge in [0.1, 0.15) is 0 Å². The van der Waals surface area contributed by atoms with Crippen molar-refractivity contribution in [3.8, 4) is 11.1 Å². The van der Waals surface area contributed by atoms with Crippen LogP contribution in [0, 0.1) is 0 Å². The molecular formula is C11H8ClNOS. The van der Waals surface area contributed by atoms with E-state index in [2.05, 4.69) is 0 Å². The Balaban J connectivity index is 2.59. The molecule has 2 nitrogen and oxygen atoms in total. The van der Waals surface area contributed by atoms with Crippen LogP contribution in [-0.4, -0.2) is 5.91 Å². The molecule has 0 radical (unpaired) electrons. The van der Waals surface area contributed by atoms with Crippen LogP contribution >= 0.6 is 22.9 Å². The van der Waals surface area contributed by atoms with Gasteiger partial charge in [0.05, 0.1) is 4.88 Å². The Morgan fingerprint density at radius 2 is 1.93 bits per heavy atom. The fourth-order valence-corrected chi connectivity index (χ4v) is 2.39. The highest BCUT2D eigenvalue weighted by Crippen LogP contribution is 2.32. The summed E-state index contributed by atoms with van der Waals surface area (Å²) in [6.45, 7) is 0. The lowest BCUT2D eigenvalue weighted by atomic mass is 10.1. The lowest BCUT2D eigenvalue weighted by Gasteiger charge is -2.03. The molecule has 1 aromatic carbocycles. The van der Waals surface area contributed by atoms with Crippen LogP contribution in [0.15, 0.2) is 35.7 Å². The first-order valence-corrected chi connectivity index (χ1v) is 5.58. The van der Waals surface area contributed by atoms with Gasteiger partial charge in [-0.3, -0.25) is 4.79 Å². The van der Waals surface area contributed by atoms with Gasteiger partial charge in [0.2, 0.25) is 0 Å². The van der Waals surface area contributed by atoms with Gasteiger partial charge < -0.3 is 5.73 Å². The quantitative estimate of drug-likeness (QED) is 0.857. The molecule has 0 bridgehead atoms. The van der Waals surface area contributed by atoms with Crippen molar-refractivity contribution >= 4 is 28.8 Å². The highest BCUT2D eigenvalue weighted by Gasteiger charge is 2.13. The fraction of sp³-hybridized carbons (Fsp3) is 0. The molecule has 0 aliphatic carbocycles. The van der Waals surface area contributed by atoms with E-state index in [-0.39, 0.29) is 0 Å². The van der Waals surface area contributed by atoms with Gasteiger partial charge in [0.15, 0.2) is 0 Å². The summed E-state index contributed by atoms with van der Waals surface area (Å²) in [5.41, 5.74) is 6.92. The van der Waals surface area contributed by atoms with Gasteiger partial charge in [-0.05, 0) is 17.5 Å². The van der Waals surface area contributed by atoms with Crippen LogP contribution in [0.1, 0.15) is 9.67 Å². The smallest absolute Gasteiger partial charge is 0.259 e. The molecule has 1 aromatic heterocycles. The summed E-state index contributed by atoms with van der Waals surface area (Å²) in [5.74, 6) is -0.417. The van der Waals surface area contributed by atoms with Crippen molar-refractivity contribution in [1.29, 1.82) is 0 Å². The number of nitrogens with two attached hydrogens (primary N) is 1. The number of carbonyl (C=O) groups is 1. The molecule has 76 valence electrons. The second-order valence-corrected chi connectivity index (χ2v) is 4.33. The summed E-state index contributed by atoms with van der Waals surface area (Å²) in [6.07, 6.45) is 0. The Kier molecular flexibility index (Phi) is 2.75. The van der Waals surface area contributed by atoms with Crippen molar-refractivity contribution in [2.24, 2.45) is 5.73 Å². The van der Waals surface area contributed by atoms with Gasteiger partial charge >= 0.3 is 0 Å². The third-order valence-corrected chi connectivity index (χ3v) is 3.31. The number of thiophene rings is 1. The van der Waals surface area contributed by atoms with Crippen molar-refractivity contribution < 1.29 is 4.79 Å².